The smallest absolute Gasteiger partial charge is 0.412 e. The van der Waals surface area contributed by atoms with Crippen molar-refractivity contribution < 1.29 is 28.5 Å². The van der Waals surface area contributed by atoms with Crippen molar-refractivity contribution in [1.29, 1.82) is 0 Å². The predicted molar refractivity (Wildman–Crippen MR) is 106 cm³/mol. The molecule has 2 atom stereocenters. The summed E-state index contributed by atoms with van der Waals surface area (Å²) in [7, 11) is 1.67. The van der Waals surface area contributed by atoms with Crippen LogP contribution in [0.15, 0.2) is 18.2 Å². The molecule has 0 aromatic heterocycles. The molecule has 1 aromatic carbocycles. The van der Waals surface area contributed by atoms with Gasteiger partial charge in [0.05, 0.1) is 6.54 Å². The number of hydrogen-bond donors (Lipinski definition) is 0. The summed E-state index contributed by atoms with van der Waals surface area (Å²) in [6.45, 7) is 5.77. The van der Waals surface area contributed by atoms with Crippen LogP contribution in [0.4, 0.5) is 4.79 Å². The lowest BCUT2D eigenvalue weighted by molar-refractivity contribution is -0.167. The maximum atomic E-state index is 12.4. The Hall–Kier alpha value is -2.48. The molecule has 0 radical (unpaired) electrons. The largest absolute Gasteiger partial charge is 0.454 e. The SMILES string of the molecule is CC(OC(=O)CN1CCCCC1)OC(=O)N(C)C(C)Cc1ccc2c(c1)OCO2. The standard InChI is InChI=1S/C21H30N2O6/c1-15(11-17-7-8-18-19(12-17)27-14-26-18)22(3)21(25)29-16(2)28-20(24)13-23-9-5-4-6-10-23/h7-8,12,15-16H,4-6,9-11,13-14H2,1-3H3. The van der Waals surface area contributed by atoms with Gasteiger partial charge in [0, 0.05) is 20.0 Å². The molecule has 1 saturated heterocycles. The zero-order valence-corrected chi connectivity index (χ0v) is 17.4. The molecule has 1 amide bonds. The number of carbonyl (C=O) groups is 2. The van der Waals surface area contributed by atoms with Gasteiger partial charge in [0.15, 0.2) is 11.5 Å². The highest BCUT2D eigenvalue weighted by molar-refractivity contribution is 5.72. The Bertz CT molecular complexity index is 719. The number of benzene rings is 1. The van der Waals surface area contributed by atoms with Crippen LogP contribution in [0, 0.1) is 0 Å². The van der Waals surface area contributed by atoms with Crippen molar-refractivity contribution in [2.75, 3.05) is 33.5 Å². The number of amides is 1. The van der Waals surface area contributed by atoms with E-state index in [0.717, 1.165) is 37.2 Å². The number of nitrogens with zero attached hydrogens (tertiary/aromatic N) is 2. The molecule has 8 heteroatoms. The lowest BCUT2D eigenvalue weighted by Crippen LogP contribution is -2.40. The van der Waals surface area contributed by atoms with Gasteiger partial charge < -0.3 is 23.8 Å². The molecule has 2 aliphatic heterocycles. The Morgan fingerprint density at radius 3 is 2.59 bits per heavy atom. The lowest BCUT2D eigenvalue weighted by atomic mass is 10.1. The molecule has 1 aromatic rings. The second kappa shape index (κ2) is 9.82. The second-order valence-corrected chi connectivity index (χ2v) is 7.63. The molecule has 29 heavy (non-hydrogen) atoms. The van der Waals surface area contributed by atoms with Gasteiger partial charge in [-0.1, -0.05) is 12.5 Å². The number of likely N-dealkylation sites (tertiary alicyclic amines) is 1. The van der Waals surface area contributed by atoms with Gasteiger partial charge in [-0.15, -0.1) is 0 Å². The summed E-state index contributed by atoms with van der Waals surface area (Å²) in [5.41, 5.74) is 1.03. The van der Waals surface area contributed by atoms with E-state index in [2.05, 4.69) is 4.90 Å². The van der Waals surface area contributed by atoms with Crippen LogP contribution in [-0.4, -0.2) is 67.7 Å². The van der Waals surface area contributed by atoms with E-state index in [9.17, 15) is 9.59 Å². The minimum Gasteiger partial charge on any atom is -0.454 e. The summed E-state index contributed by atoms with van der Waals surface area (Å²) >= 11 is 0. The normalized spacial score (nSPS) is 18.0. The molecule has 8 nitrogen and oxygen atoms in total. The third-order valence-electron chi connectivity index (χ3n) is 5.28. The van der Waals surface area contributed by atoms with Crippen LogP contribution in [0.3, 0.4) is 0 Å². The minimum absolute atomic E-state index is 0.112. The minimum atomic E-state index is -0.931. The van der Waals surface area contributed by atoms with Gasteiger partial charge >= 0.3 is 12.1 Å². The van der Waals surface area contributed by atoms with E-state index in [1.54, 1.807) is 14.0 Å². The fraction of sp³-hybridized carbons (Fsp3) is 0.619. The number of hydrogen-bond acceptors (Lipinski definition) is 7. The molecule has 0 spiro atoms. The molecule has 0 aliphatic carbocycles. The molecular weight excluding hydrogens is 376 g/mol. The van der Waals surface area contributed by atoms with Gasteiger partial charge in [0.2, 0.25) is 13.1 Å². The summed E-state index contributed by atoms with van der Waals surface area (Å²) in [5, 5.41) is 0. The van der Waals surface area contributed by atoms with E-state index >= 15 is 0 Å². The molecule has 1 fully saturated rings. The number of piperidine rings is 1. The Kier molecular flexibility index (Phi) is 7.19. The highest BCUT2D eigenvalue weighted by Gasteiger charge is 2.23. The van der Waals surface area contributed by atoms with Crippen LogP contribution >= 0.6 is 0 Å². The first-order chi connectivity index (χ1) is 13.9. The second-order valence-electron chi connectivity index (χ2n) is 7.63. The van der Waals surface area contributed by atoms with E-state index in [4.69, 9.17) is 18.9 Å². The molecule has 3 rings (SSSR count). The van der Waals surface area contributed by atoms with Crippen LogP contribution in [0.2, 0.25) is 0 Å². The zero-order chi connectivity index (χ0) is 20.8. The first kappa shape index (κ1) is 21.2. The number of rotatable bonds is 7. The maximum absolute atomic E-state index is 12.4. The van der Waals surface area contributed by atoms with Crippen LogP contribution in [0.25, 0.3) is 0 Å². The van der Waals surface area contributed by atoms with E-state index in [1.165, 1.54) is 11.3 Å². The Morgan fingerprint density at radius 2 is 1.83 bits per heavy atom. The van der Waals surface area contributed by atoms with Crippen molar-refractivity contribution in [2.24, 2.45) is 0 Å². The summed E-state index contributed by atoms with van der Waals surface area (Å²) in [6, 6.07) is 5.63. The zero-order valence-electron chi connectivity index (χ0n) is 17.4. The first-order valence-corrected chi connectivity index (χ1v) is 10.2. The van der Waals surface area contributed by atoms with Gasteiger partial charge in [-0.05, 0) is 57.0 Å². The number of esters is 1. The van der Waals surface area contributed by atoms with Crippen LogP contribution < -0.4 is 9.47 Å². The van der Waals surface area contributed by atoms with Gasteiger partial charge in [-0.2, -0.15) is 0 Å². The van der Waals surface area contributed by atoms with Crippen LogP contribution in [0.5, 0.6) is 11.5 Å². The molecule has 0 saturated carbocycles. The summed E-state index contributed by atoms with van der Waals surface area (Å²) in [4.78, 5) is 28.0. The fourth-order valence-corrected chi connectivity index (χ4v) is 3.50. The lowest BCUT2D eigenvalue weighted by Gasteiger charge is -2.27. The first-order valence-electron chi connectivity index (χ1n) is 10.2. The maximum Gasteiger partial charge on any atom is 0.412 e. The molecule has 160 valence electrons. The molecular formula is C21H30N2O6. The average Bonchev–Trinajstić information content (AvgIpc) is 3.15. The Balaban J connectivity index is 1.43. The molecule has 2 heterocycles. The highest BCUT2D eigenvalue weighted by Crippen LogP contribution is 2.33. The molecule has 0 N–H and O–H groups in total. The summed E-state index contributed by atoms with van der Waals surface area (Å²) < 4.78 is 21.2. The highest BCUT2D eigenvalue weighted by atomic mass is 16.7. The van der Waals surface area contributed by atoms with Crippen molar-refractivity contribution in [2.45, 2.75) is 51.9 Å². The Morgan fingerprint density at radius 1 is 1.10 bits per heavy atom. The van der Waals surface area contributed by atoms with Crippen molar-refractivity contribution in [3.05, 3.63) is 23.8 Å². The fourth-order valence-electron chi connectivity index (χ4n) is 3.50. The number of carbonyl (C=O) groups excluding carboxylic acids is 2. The monoisotopic (exact) mass is 406 g/mol. The Labute approximate surface area is 171 Å². The third kappa shape index (κ3) is 6.00. The van der Waals surface area contributed by atoms with E-state index in [1.807, 2.05) is 25.1 Å². The van der Waals surface area contributed by atoms with Crippen LogP contribution in [0.1, 0.15) is 38.7 Å². The number of likely N-dealkylation sites (N-methyl/N-ethyl adjacent to an activating group) is 1. The van der Waals surface area contributed by atoms with Crippen molar-refractivity contribution in [3.63, 3.8) is 0 Å². The van der Waals surface area contributed by atoms with Gasteiger partial charge in [0.1, 0.15) is 0 Å². The van der Waals surface area contributed by atoms with Crippen molar-refractivity contribution in [1.82, 2.24) is 9.80 Å². The molecule has 2 unspecified atom stereocenters. The average molecular weight is 406 g/mol. The molecule has 0 bridgehead atoms. The van der Waals surface area contributed by atoms with Crippen molar-refractivity contribution >= 4 is 12.1 Å². The predicted octanol–water partition coefficient (Wildman–Crippen LogP) is 2.79. The number of fused-ring (bicyclic) bond motifs is 1. The van der Waals surface area contributed by atoms with E-state index in [0.29, 0.717) is 12.2 Å². The topological polar surface area (TPSA) is 77.5 Å². The van der Waals surface area contributed by atoms with Gasteiger partial charge in [-0.3, -0.25) is 9.69 Å². The van der Waals surface area contributed by atoms with Crippen molar-refractivity contribution in [3.8, 4) is 11.5 Å². The summed E-state index contributed by atoms with van der Waals surface area (Å²) in [6.07, 6.45) is 2.58. The van der Waals surface area contributed by atoms with Gasteiger partial charge in [-0.25, -0.2) is 4.79 Å². The van der Waals surface area contributed by atoms with Gasteiger partial charge in [0.25, 0.3) is 0 Å². The van der Waals surface area contributed by atoms with E-state index in [-0.39, 0.29) is 25.3 Å². The number of ether oxygens (including phenoxy) is 4. The van der Waals surface area contributed by atoms with E-state index < -0.39 is 12.4 Å². The quantitative estimate of drug-likeness (QED) is 0.509. The van der Waals surface area contributed by atoms with Crippen LogP contribution in [-0.2, 0) is 20.7 Å². The third-order valence-corrected chi connectivity index (χ3v) is 5.28. The summed E-state index contributed by atoms with van der Waals surface area (Å²) in [5.74, 6) is 1.08. The molecule has 2 aliphatic rings.